The minimum atomic E-state index is 0.561. The SMILES string of the molecule is CCn1cc(CCl)c(C)n1. The summed E-state index contributed by atoms with van der Waals surface area (Å²) in [5, 5.41) is 4.23. The molecule has 0 saturated heterocycles. The molecule has 56 valence electrons. The molecule has 1 heterocycles. The minimum absolute atomic E-state index is 0.561. The zero-order valence-electron chi connectivity index (χ0n) is 6.26. The molecule has 0 radical (unpaired) electrons. The third kappa shape index (κ3) is 1.32. The Bertz CT molecular complexity index is 217. The average molecular weight is 159 g/mol. The molecule has 1 aromatic heterocycles. The Morgan fingerprint density at radius 1 is 1.70 bits per heavy atom. The van der Waals surface area contributed by atoms with E-state index in [2.05, 4.69) is 12.0 Å². The summed E-state index contributed by atoms with van der Waals surface area (Å²) in [7, 11) is 0. The lowest BCUT2D eigenvalue weighted by Crippen LogP contribution is -1.93. The number of alkyl halides is 1. The van der Waals surface area contributed by atoms with Crippen LogP contribution in [-0.4, -0.2) is 9.78 Å². The Kier molecular flexibility index (Phi) is 2.33. The summed E-state index contributed by atoms with van der Waals surface area (Å²) in [6.07, 6.45) is 1.99. The van der Waals surface area contributed by atoms with Crippen LogP contribution >= 0.6 is 11.6 Å². The fourth-order valence-electron chi connectivity index (χ4n) is 0.852. The van der Waals surface area contributed by atoms with Crippen molar-refractivity contribution in [3.63, 3.8) is 0 Å². The molecule has 0 aliphatic heterocycles. The van der Waals surface area contributed by atoms with Crippen LogP contribution in [0.15, 0.2) is 6.20 Å². The van der Waals surface area contributed by atoms with E-state index in [-0.39, 0.29) is 0 Å². The first-order valence-corrected chi connectivity index (χ1v) is 3.90. The number of halogens is 1. The van der Waals surface area contributed by atoms with Gasteiger partial charge in [-0.25, -0.2) is 0 Å². The van der Waals surface area contributed by atoms with Crippen molar-refractivity contribution in [3.8, 4) is 0 Å². The first kappa shape index (κ1) is 7.61. The second kappa shape index (κ2) is 3.06. The van der Waals surface area contributed by atoms with Gasteiger partial charge in [0.15, 0.2) is 0 Å². The lowest BCUT2D eigenvalue weighted by atomic mass is 10.3. The maximum Gasteiger partial charge on any atom is 0.0637 e. The number of aromatic nitrogens is 2. The molecule has 1 aromatic rings. The summed E-state index contributed by atoms with van der Waals surface area (Å²) in [5.74, 6) is 0.561. The summed E-state index contributed by atoms with van der Waals surface area (Å²) >= 11 is 5.65. The zero-order chi connectivity index (χ0) is 7.56. The van der Waals surface area contributed by atoms with Gasteiger partial charge in [-0.05, 0) is 13.8 Å². The molecule has 0 spiro atoms. The molecule has 0 saturated carbocycles. The Morgan fingerprint density at radius 3 is 2.70 bits per heavy atom. The van der Waals surface area contributed by atoms with Crippen LogP contribution < -0.4 is 0 Å². The highest BCUT2D eigenvalue weighted by molar-refractivity contribution is 6.17. The lowest BCUT2D eigenvalue weighted by Gasteiger charge is -1.89. The smallest absolute Gasteiger partial charge is 0.0637 e. The quantitative estimate of drug-likeness (QED) is 0.602. The Hall–Kier alpha value is -0.500. The van der Waals surface area contributed by atoms with Crippen LogP contribution in [0.3, 0.4) is 0 Å². The van der Waals surface area contributed by atoms with Crippen molar-refractivity contribution in [2.45, 2.75) is 26.3 Å². The van der Waals surface area contributed by atoms with Gasteiger partial charge in [0.2, 0.25) is 0 Å². The summed E-state index contributed by atoms with van der Waals surface area (Å²) in [6, 6.07) is 0. The number of rotatable bonds is 2. The van der Waals surface area contributed by atoms with Gasteiger partial charge in [0, 0.05) is 18.3 Å². The Labute approximate surface area is 65.8 Å². The van der Waals surface area contributed by atoms with Gasteiger partial charge < -0.3 is 0 Å². The first-order chi connectivity index (χ1) is 4.77. The van der Waals surface area contributed by atoms with Crippen molar-refractivity contribution in [2.75, 3.05) is 0 Å². The third-order valence-corrected chi connectivity index (χ3v) is 1.80. The van der Waals surface area contributed by atoms with Crippen LogP contribution in [0.4, 0.5) is 0 Å². The summed E-state index contributed by atoms with van der Waals surface area (Å²) in [6.45, 7) is 4.95. The summed E-state index contributed by atoms with van der Waals surface area (Å²) in [4.78, 5) is 0. The van der Waals surface area contributed by atoms with E-state index in [4.69, 9.17) is 11.6 Å². The van der Waals surface area contributed by atoms with Crippen LogP contribution in [0, 0.1) is 6.92 Å². The van der Waals surface area contributed by atoms with Crippen LogP contribution in [0.5, 0.6) is 0 Å². The van der Waals surface area contributed by atoms with E-state index in [9.17, 15) is 0 Å². The van der Waals surface area contributed by atoms with Crippen LogP contribution in [0.25, 0.3) is 0 Å². The first-order valence-electron chi connectivity index (χ1n) is 3.36. The number of hydrogen-bond acceptors (Lipinski definition) is 1. The fourth-order valence-corrected chi connectivity index (χ4v) is 1.11. The van der Waals surface area contributed by atoms with Gasteiger partial charge in [-0.15, -0.1) is 11.6 Å². The number of nitrogens with zero attached hydrogens (tertiary/aromatic N) is 2. The number of hydrogen-bond donors (Lipinski definition) is 0. The molecule has 0 aromatic carbocycles. The van der Waals surface area contributed by atoms with Crippen molar-refractivity contribution >= 4 is 11.6 Å². The van der Waals surface area contributed by atoms with Gasteiger partial charge in [-0.3, -0.25) is 4.68 Å². The summed E-state index contributed by atoms with van der Waals surface area (Å²) < 4.78 is 1.90. The van der Waals surface area contributed by atoms with Gasteiger partial charge in [0.1, 0.15) is 0 Å². The standard InChI is InChI=1S/C7H11ClN2/c1-3-10-5-7(4-8)6(2)9-10/h5H,3-4H2,1-2H3. The van der Waals surface area contributed by atoms with Crippen molar-refractivity contribution < 1.29 is 0 Å². The molecule has 0 amide bonds. The molecular formula is C7H11ClN2. The van der Waals surface area contributed by atoms with E-state index < -0.39 is 0 Å². The van der Waals surface area contributed by atoms with Gasteiger partial charge in [-0.1, -0.05) is 0 Å². The average Bonchev–Trinajstić information content (AvgIpc) is 2.30. The fraction of sp³-hybridized carbons (Fsp3) is 0.571. The van der Waals surface area contributed by atoms with E-state index in [1.807, 2.05) is 17.8 Å². The molecular weight excluding hydrogens is 148 g/mol. The van der Waals surface area contributed by atoms with Crippen molar-refractivity contribution in [1.29, 1.82) is 0 Å². The van der Waals surface area contributed by atoms with E-state index >= 15 is 0 Å². The largest absolute Gasteiger partial charge is 0.272 e. The molecule has 3 heteroatoms. The number of aryl methyl sites for hydroxylation is 2. The highest BCUT2D eigenvalue weighted by Gasteiger charge is 2.00. The summed E-state index contributed by atoms with van der Waals surface area (Å²) in [5.41, 5.74) is 2.17. The molecule has 0 unspecified atom stereocenters. The van der Waals surface area contributed by atoms with E-state index in [0.29, 0.717) is 5.88 Å². The highest BCUT2D eigenvalue weighted by Crippen LogP contribution is 2.07. The van der Waals surface area contributed by atoms with Crippen LogP contribution in [-0.2, 0) is 12.4 Å². The Balaban J connectivity index is 2.92. The molecule has 0 aliphatic carbocycles. The molecule has 2 nitrogen and oxygen atoms in total. The normalized spacial score (nSPS) is 10.3. The molecule has 0 fully saturated rings. The van der Waals surface area contributed by atoms with Gasteiger partial charge >= 0.3 is 0 Å². The molecule has 0 atom stereocenters. The second-order valence-corrected chi connectivity index (χ2v) is 2.50. The highest BCUT2D eigenvalue weighted by atomic mass is 35.5. The zero-order valence-corrected chi connectivity index (χ0v) is 7.02. The van der Waals surface area contributed by atoms with Crippen LogP contribution in [0.1, 0.15) is 18.2 Å². The van der Waals surface area contributed by atoms with Gasteiger partial charge in [0.25, 0.3) is 0 Å². The van der Waals surface area contributed by atoms with Crippen molar-refractivity contribution in [1.82, 2.24) is 9.78 Å². The van der Waals surface area contributed by atoms with E-state index in [0.717, 1.165) is 17.8 Å². The maximum atomic E-state index is 5.65. The van der Waals surface area contributed by atoms with Gasteiger partial charge in [-0.2, -0.15) is 5.10 Å². The molecule has 0 N–H and O–H groups in total. The lowest BCUT2D eigenvalue weighted by molar-refractivity contribution is 0.653. The minimum Gasteiger partial charge on any atom is -0.272 e. The maximum absolute atomic E-state index is 5.65. The topological polar surface area (TPSA) is 17.8 Å². The van der Waals surface area contributed by atoms with Gasteiger partial charge in [0.05, 0.1) is 11.6 Å². The molecule has 10 heavy (non-hydrogen) atoms. The monoisotopic (exact) mass is 158 g/mol. The molecule has 0 aliphatic rings. The Morgan fingerprint density at radius 2 is 2.40 bits per heavy atom. The van der Waals surface area contributed by atoms with E-state index in [1.165, 1.54) is 0 Å². The predicted molar refractivity (Wildman–Crippen MR) is 42.2 cm³/mol. The van der Waals surface area contributed by atoms with E-state index in [1.54, 1.807) is 0 Å². The second-order valence-electron chi connectivity index (χ2n) is 2.23. The molecule has 1 rings (SSSR count). The third-order valence-electron chi connectivity index (χ3n) is 1.52. The van der Waals surface area contributed by atoms with Crippen molar-refractivity contribution in [3.05, 3.63) is 17.5 Å². The predicted octanol–water partition coefficient (Wildman–Crippen LogP) is 1.95. The van der Waals surface area contributed by atoms with Crippen molar-refractivity contribution in [2.24, 2.45) is 0 Å². The molecule has 0 bridgehead atoms. The van der Waals surface area contributed by atoms with Crippen LogP contribution in [0.2, 0.25) is 0 Å².